The van der Waals surface area contributed by atoms with Crippen LogP contribution in [-0.4, -0.2) is 23.3 Å². The van der Waals surface area contributed by atoms with E-state index >= 15 is 0 Å². The maximum atomic E-state index is 9.99. The summed E-state index contributed by atoms with van der Waals surface area (Å²) >= 11 is 4.99. The molecule has 0 amide bonds. The van der Waals surface area contributed by atoms with E-state index in [1.807, 2.05) is 24.3 Å². The van der Waals surface area contributed by atoms with Crippen molar-refractivity contribution in [3.05, 3.63) is 34.3 Å². The highest BCUT2D eigenvalue weighted by Gasteiger charge is 2.93. The number of hydrogen-bond acceptors (Lipinski definition) is 6. The van der Waals surface area contributed by atoms with Gasteiger partial charge in [0.15, 0.2) is 5.41 Å². The van der Waals surface area contributed by atoms with Crippen LogP contribution in [0.2, 0.25) is 0 Å². The van der Waals surface area contributed by atoms with Gasteiger partial charge in [-0.15, -0.1) is 0 Å². The molecule has 110 valence electrons. The lowest BCUT2D eigenvalue weighted by Crippen LogP contribution is -2.34. The van der Waals surface area contributed by atoms with E-state index in [2.05, 4.69) is 33.1 Å². The number of amidine groups is 1. The first-order valence-corrected chi connectivity index (χ1v) is 8.58. The van der Waals surface area contributed by atoms with E-state index in [-0.39, 0.29) is 11.8 Å². The normalized spacial score (nSPS) is 41.6. The Morgan fingerprint density at radius 2 is 2.14 bits per heavy atom. The van der Waals surface area contributed by atoms with Gasteiger partial charge in [0, 0.05) is 16.1 Å². The summed E-state index contributed by atoms with van der Waals surface area (Å²) in [6.07, 6.45) is 0. The predicted octanol–water partition coefficient (Wildman–Crippen LogP) is 2.35. The van der Waals surface area contributed by atoms with Crippen LogP contribution in [0.3, 0.4) is 0 Å². The molecule has 4 atom stereocenters. The summed E-state index contributed by atoms with van der Waals surface area (Å²) in [5.41, 5.74) is 4.85. The van der Waals surface area contributed by atoms with Gasteiger partial charge in [-0.3, -0.25) is 0 Å². The van der Waals surface area contributed by atoms with Crippen LogP contribution in [0, 0.1) is 33.5 Å². The third kappa shape index (κ3) is 1.24. The predicted molar refractivity (Wildman–Crippen MR) is 85.7 cm³/mol. The van der Waals surface area contributed by atoms with E-state index in [0.717, 1.165) is 15.8 Å². The molecule has 4 rings (SSSR count). The lowest BCUT2D eigenvalue weighted by atomic mass is 9.95. The zero-order chi connectivity index (χ0) is 15.6. The first kappa shape index (κ1) is 14.1. The van der Waals surface area contributed by atoms with Crippen molar-refractivity contribution in [1.82, 2.24) is 0 Å². The summed E-state index contributed by atoms with van der Waals surface area (Å²) in [6.45, 7) is 0.509. The molecule has 22 heavy (non-hydrogen) atoms. The fourth-order valence-corrected chi connectivity index (χ4v) is 5.73. The molecule has 0 bridgehead atoms. The van der Waals surface area contributed by atoms with Gasteiger partial charge >= 0.3 is 0 Å². The molecule has 2 fully saturated rings. The molecule has 7 heteroatoms. The highest BCUT2D eigenvalue weighted by atomic mass is 79.9. The third-order valence-corrected chi connectivity index (χ3v) is 6.84. The van der Waals surface area contributed by atoms with Gasteiger partial charge in [-0.25, -0.2) is 4.99 Å². The number of aliphatic imine (C=N–C) groups is 1. The van der Waals surface area contributed by atoms with Crippen LogP contribution in [0.15, 0.2) is 33.7 Å². The Hall–Kier alpha value is -1.54. The molecule has 1 aromatic rings. The van der Waals surface area contributed by atoms with Crippen molar-refractivity contribution in [3.8, 4) is 12.1 Å². The second-order valence-electron chi connectivity index (χ2n) is 5.57. The Kier molecular flexibility index (Phi) is 2.73. The number of fused-ring (bicyclic) bond motifs is 2. The van der Waals surface area contributed by atoms with Crippen molar-refractivity contribution in [2.24, 2.45) is 21.6 Å². The van der Waals surface area contributed by atoms with Gasteiger partial charge in [-0.05, 0) is 11.6 Å². The Balaban J connectivity index is 1.97. The smallest absolute Gasteiger partial charge is 0.230 e. The van der Waals surface area contributed by atoms with Crippen LogP contribution >= 0.6 is 27.7 Å². The second kappa shape index (κ2) is 4.26. The van der Waals surface area contributed by atoms with Gasteiger partial charge in [-0.1, -0.05) is 45.9 Å². The standard InChI is InChI=1S/C15H11BrN4OS/c16-10-4-2-1-3-9(10)11-13(7-17)12(19)20-15(14(11,13)8-18)21-5-6-22-15/h1-4,11H,5-6H2,(H2,19,20)/t11-,13-,14-,15-/m1/s1. The summed E-state index contributed by atoms with van der Waals surface area (Å²) in [5.74, 6) is 0.616. The number of benzene rings is 1. The van der Waals surface area contributed by atoms with E-state index in [9.17, 15) is 10.5 Å². The monoisotopic (exact) mass is 374 g/mol. The van der Waals surface area contributed by atoms with Gasteiger partial charge < -0.3 is 10.5 Å². The van der Waals surface area contributed by atoms with Gasteiger partial charge in [0.05, 0.1) is 18.7 Å². The topological polar surface area (TPSA) is 95.2 Å². The number of nitrogens with two attached hydrogens (primary N) is 1. The highest BCUT2D eigenvalue weighted by Crippen LogP contribution is 2.84. The van der Waals surface area contributed by atoms with Crippen molar-refractivity contribution in [1.29, 1.82) is 10.5 Å². The zero-order valence-corrected chi connectivity index (χ0v) is 13.8. The van der Waals surface area contributed by atoms with Crippen molar-refractivity contribution < 1.29 is 4.74 Å². The molecule has 5 nitrogen and oxygen atoms in total. The second-order valence-corrected chi connectivity index (χ2v) is 7.67. The number of thioether (sulfide) groups is 1. The maximum Gasteiger partial charge on any atom is 0.230 e. The average molecular weight is 375 g/mol. The first-order valence-electron chi connectivity index (χ1n) is 6.80. The number of rotatable bonds is 1. The van der Waals surface area contributed by atoms with Crippen molar-refractivity contribution in [2.75, 3.05) is 12.4 Å². The summed E-state index contributed by atoms with van der Waals surface area (Å²) in [6, 6.07) is 12.3. The van der Waals surface area contributed by atoms with Crippen LogP contribution in [0.25, 0.3) is 0 Å². The minimum absolute atomic E-state index is 0.215. The maximum absolute atomic E-state index is 9.99. The van der Waals surface area contributed by atoms with Crippen molar-refractivity contribution in [3.63, 3.8) is 0 Å². The summed E-state index contributed by atoms with van der Waals surface area (Å²) in [4.78, 5) is 4.42. The summed E-state index contributed by atoms with van der Waals surface area (Å²) in [5, 5.41) is 18.8. The molecule has 2 N–H and O–H groups in total. The lowest BCUT2D eigenvalue weighted by molar-refractivity contribution is 0.0200. The van der Waals surface area contributed by atoms with Crippen LogP contribution in [0.5, 0.6) is 0 Å². The molecule has 1 spiro atoms. The Labute approximate surface area is 140 Å². The van der Waals surface area contributed by atoms with E-state index in [4.69, 9.17) is 10.5 Å². The van der Waals surface area contributed by atoms with Crippen LogP contribution in [-0.2, 0) is 4.74 Å². The number of nitriles is 2. The molecule has 0 aromatic heterocycles. The minimum atomic E-state index is -1.11. The van der Waals surface area contributed by atoms with E-state index < -0.39 is 15.9 Å². The molecule has 1 saturated heterocycles. The SMILES string of the molecule is N#C[C@@]12[C@H](c3ccccc3Br)[C@]1(C#N)C(N)=N[C@@]21OCCS1. The van der Waals surface area contributed by atoms with E-state index in [1.54, 1.807) is 0 Å². The van der Waals surface area contributed by atoms with Gasteiger partial charge in [0.25, 0.3) is 0 Å². The molecule has 2 heterocycles. The Morgan fingerprint density at radius 3 is 2.73 bits per heavy atom. The number of ether oxygens (including phenoxy) is 1. The quantitative estimate of drug-likeness (QED) is 0.813. The molecular formula is C15H11BrN4OS. The van der Waals surface area contributed by atoms with Gasteiger partial charge in [-0.2, -0.15) is 10.5 Å². The van der Waals surface area contributed by atoms with Gasteiger partial charge in [0.1, 0.15) is 11.3 Å². The average Bonchev–Trinajstić information content (AvgIpc) is 2.76. The van der Waals surface area contributed by atoms with Gasteiger partial charge in [0.2, 0.25) is 5.06 Å². The largest absolute Gasteiger partial charge is 0.386 e. The van der Waals surface area contributed by atoms with E-state index in [1.165, 1.54) is 11.8 Å². The fraction of sp³-hybridized carbons (Fsp3) is 0.400. The number of hydrogen-bond donors (Lipinski definition) is 1. The fourth-order valence-electron chi connectivity index (χ4n) is 3.89. The molecule has 1 saturated carbocycles. The third-order valence-electron chi connectivity index (χ3n) is 4.82. The Bertz CT molecular complexity index is 791. The Morgan fingerprint density at radius 1 is 1.36 bits per heavy atom. The summed E-state index contributed by atoms with van der Waals surface area (Å²) in [7, 11) is 0. The minimum Gasteiger partial charge on any atom is -0.386 e. The summed E-state index contributed by atoms with van der Waals surface area (Å²) < 4.78 is 6.71. The number of halogens is 1. The first-order chi connectivity index (χ1) is 10.6. The molecule has 2 aliphatic heterocycles. The molecule has 0 radical (unpaired) electrons. The van der Waals surface area contributed by atoms with Crippen molar-refractivity contribution >= 4 is 33.5 Å². The lowest BCUT2D eigenvalue weighted by Gasteiger charge is -2.26. The van der Waals surface area contributed by atoms with Crippen LogP contribution in [0.4, 0.5) is 0 Å². The van der Waals surface area contributed by atoms with Crippen LogP contribution in [0.1, 0.15) is 11.5 Å². The molecule has 3 aliphatic rings. The molecule has 0 unspecified atom stereocenters. The molecular weight excluding hydrogens is 364 g/mol. The number of nitrogens with zero attached hydrogens (tertiary/aromatic N) is 3. The highest BCUT2D eigenvalue weighted by molar-refractivity contribution is 9.10. The van der Waals surface area contributed by atoms with Crippen molar-refractivity contribution in [2.45, 2.75) is 11.0 Å². The molecule has 1 aromatic carbocycles. The zero-order valence-electron chi connectivity index (χ0n) is 11.4. The molecule has 1 aliphatic carbocycles. The van der Waals surface area contributed by atoms with E-state index in [0.29, 0.717) is 6.61 Å². The van der Waals surface area contributed by atoms with Crippen LogP contribution < -0.4 is 5.73 Å².